The first kappa shape index (κ1) is 10.4. The van der Waals surface area contributed by atoms with Crippen molar-refractivity contribution >= 4 is 5.69 Å². The molecule has 1 aromatic rings. The minimum atomic E-state index is -0.260. The molecule has 0 saturated carbocycles. The molecule has 3 nitrogen and oxygen atoms in total. The molecule has 1 aliphatic heterocycles. The van der Waals surface area contributed by atoms with E-state index < -0.39 is 0 Å². The molecular formula is C11H15FN2O. The molecule has 0 radical (unpaired) electrons. The molecule has 15 heavy (non-hydrogen) atoms. The standard InChI is InChI=1S/C11H15FN2O/c12-10-4-3-5-11(13)9(10)8-14-6-1-2-7-15-14/h3-5H,1-2,6-8,13H2. The van der Waals surface area contributed by atoms with Crippen molar-refractivity contribution in [3.63, 3.8) is 0 Å². The van der Waals surface area contributed by atoms with E-state index in [1.54, 1.807) is 17.2 Å². The van der Waals surface area contributed by atoms with Crippen LogP contribution in [-0.2, 0) is 11.4 Å². The van der Waals surface area contributed by atoms with Crippen LogP contribution in [0.4, 0.5) is 10.1 Å². The van der Waals surface area contributed by atoms with Gasteiger partial charge in [-0.1, -0.05) is 6.07 Å². The molecule has 4 heteroatoms. The second-order valence-electron chi connectivity index (χ2n) is 3.71. The van der Waals surface area contributed by atoms with Crippen LogP contribution < -0.4 is 5.73 Å². The van der Waals surface area contributed by atoms with Crippen LogP contribution in [0.25, 0.3) is 0 Å². The summed E-state index contributed by atoms with van der Waals surface area (Å²) in [6.07, 6.45) is 2.16. The molecule has 0 bridgehead atoms. The van der Waals surface area contributed by atoms with E-state index in [9.17, 15) is 4.39 Å². The van der Waals surface area contributed by atoms with Crippen LogP contribution in [0.1, 0.15) is 18.4 Å². The summed E-state index contributed by atoms with van der Waals surface area (Å²) >= 11 is 0. The molecule has 0 atom stereocenters. The molecule has 2 rings (SSSR count). The first-order valence-electron chi connectivity index (χ1n) is 5.18. The number of benzene rings is 1. The summed E-state index contributed by atoms with van der Waals surface area (Å²) in [7, 11) is 0. The Morgan fingerprint density at radius 1 is 1.40 bits per heavy atom. The van der Waals surface area contributed by atoms with Gasteiger partial charge in [-0.15, -0.1) is 0 Å². The van der Waals surface area contributed by atoms with Gasteiger partial charge in [-0.2, -0.15) is 5.06 Å². The lowest BCUT2D eigenvalue weighted by Gasteiger charge is -2.26. The van der Waals surface area contributed by atoms with Crippen molar-refractivity contribution in [1.29, 1.82) is 0 Å². The topological polar surface area (TPSA) is 38.5 Å². The van der Waals surface area contributed by atoms with Crippen molar-refractivity contribution in [3.8, 4) is 0 Å². The van der Waals surface area contributed by atoms with Crippen LogP contribution in [0.15, 0.2) is 18.2 Å². The maximum atomic E-state index is 13.4. The van der Waals surface area contributed by atoms with E-state index >= 15 is 0 Å². The number of hydrogen-bond donors (Lipinski definition) is 1. The Hall–Kier alpha value is -1.13. The number of nitrogens with two attached hydrogens (primary N) is 1. The minimum Gasteiger partial charge on any atom is -0.398 e. The zero-order chi connectivity index (χ0) is 10.7. The molecule has 1 aliphatic rings. The highest BCUT2D eigenvalue weighted by Gasteiger charge is 2.15. The number of halogens is 1. The van der Waals surface area contributed by atoms with Gasteiger partial charge in [0.1, 0.15) is 5.82 Å². The first-order valence-corrected chi connectivity index (χ1v) is 5.18. The highest BCUT2D eigenvalue weighted by Crippen LogP contribution is 2.19. The lowest BCUT2D eigenvalue weighted by molar-refractivity contribution is -0.187. The zero-order valence-electron chi connectivity index (χ0n) is 8.58. The molecule has 1 heterocycles. The fourth-order valence-corrected chi connectivity index (χ4v) is 1.69. The van der Waals surface area contributed by atoms with Crippen LogP contribution in [0, 0.1) is 5.82 Å². The van der Waals surface area contributed by atoms with E-state index in [1.807, 2.05) is 0 Å². The number of nitrogens with zero attached hydrogens (tertiary/aromatic N) is 1. The molecule has 0 aromatic heterocycles. The van der Waals surface area contributed by atoms with Crippen molar-refractivity contribution in [1.82, 2.24) is 5.06 Å². The van der Waals surface area contributed by atoms with Gasteiger partial charge in [0.15, 0.2) is 0 Å². The Morgan fingerprint density at radius 2 is 2.27 bits per heavy atom. The van der Waals surface area contributed by atoms with Gasteiger partial charge in [-0.05, 0) is 25.0 Å². The largest absolute Gasteiger partial charge is 0.398 e. The zero-order valence-corrected chi connectivity index (χ0v) is 8.58. The second kappa shape index (κ2) is 4.59. The molecule has 1 aromatic carbocycles. The summed E-state index contributed by atoms with van der Waals surface area (Å²) in [5.41, 5.74) is 6.73. The number of hydrogen-bond acceptors (Lipinski definition) is 3. The first-order chi connectivity index (χ1) is 7.27. The lowest BCUT2D eigenvalue weighted by Crippen LogP contribution is -2.30. The van der Waals surface area contributed by atoms with Gasteiger partial charge in [0.25, 0.3) is 0 Å². The molecular weight excluding hydrogens is 195 g/mol. The van der Waals surface area contributed by atoms with Crippen molar-refractivity contribution in [3.05, 3.63) is 29.6 Å². The van der Waals surface area contributed by atoms with Gasteiger partial charge in [-0.25, -0.2) is 4.39 Å². The Balaban J connectivity index is 2.09. The SMILES string of the molecule is Nc1cccc(F)c1CN1CCCCO1. The fourth-order valence-electron chi connectivity index (χ4n) is 1.69. The Bertz CT molecular complexity index is 317. The Labute approximate surface area is 88.6 Å². The van der Waals surface area contributed by atoms with Crippen molar-refractivity contribution in [2.24, 2.45) is 0 Å². The van der Waals surface area contributed by atoms with Crippen molar-refractivity contribution in [2.45, 2.75) is 19.4 Å². The average Bonchev–Trinajstić information content (AvgIpc) is 2.25. The van der Waals surface area contributed by atoms with Gasteiger partial charge in [0.05, 0.1) is 13.2 Å². The summed E-state index contributed by atoms with van der Waals surface area (Å²) in [6, 6.07) is 4.75. The smallest absolute Gasteiger partial charge is 0.129 e. The predicted molar refractivity (Wildman–Crippen MR) is 56.4 cm³/mol. The van der Waals surface area contributed by atoms with Gasteiger partial charge in [-0.3, -0.25) is 4.84 Å². The van der Waals surface area contributed by atoms with Crippen molar-refractivity contribution < 1.29 is 9.23 Å². The Morgan fingerprint density at radius 3 is 2.93 bits per heavy atom. The van der Waals surface area contributed by atoms with Crippen LogP contribution in [-0.4, -0.2) is 18.2 Å². The van der Waals surface area contributed by atoms with E-state index in [2.05, 4.69) is 0 Å². The van der Waals surface area contributed by atoms with Gasteiger partial charge < -0.3 is 5.73 Å². The van der Waals surface area contributed by atoms with Crippen molar-refractivity contribution in [2.75, 3.05) is 18.9 Å². The summed E-state index contributed by atoms with van der Waals surface area (Å²) < 4.78 is 13.4. The maximum absolute atomic E-state index is 13.4. The minimum absolute atomic E-state index is 0.260. The third-order valence-corrected chi connectivity index (χ3v) is 2.57. The molecule has 0 unspecified atom stereocenters. The van der Waals surface area contributed by atoms with Gasteiger partial charge in [0.2, 0.25) is 0 Å². The second-order valence-corrected chi connectivity index (χ2v) is 3.71. The summed E-state index contributed by atoms with van der Waals surface area (Å²) in [4.78, 5) is 5.40. The third kappa shape index (κ3) is 2.46. The summed E-state index contributed by atoms with van der Waals surface area (Å²) in [5, 5.41) is 1.78. The van der Waals surface area contributed by atoms with Crippen LogP contribution >= 0.6 is 0 Å². The van der Waals surface area contributed by atoms with E-state index in [0.717, 1.165) is 19.4 Å². The molecule has 0 amide bonds. The maximum Gasteiger partial charge on any atom is 0.129 e. The molecule has 82 valence electrons. The quantitative estimate of drug-likeness (QED) is 0.758. The van der Waals surface area contributed by atoms with E-state index in [1.165, 1.54) is 6.07 Å². The highest BCUT2D eigenvalue weighted by atomic mass is 19.1. The molecule has 0 aliphatic carbocycles. The van der Waals surface area contributed by atoms with E-state index in [0.29, 0.717) is 24.4 Å². The lowest BCUT2D eigenvalue weighted by atomic mass is 10.1. The predicted octanol–water partition coefficient (Wildman–Crippen LogP) is 1.94. The molecule has 1 fully saturated rings. The monoisotopic (exact) mass is 210 g/mol. The summed E-state index contributed by atoms with van der Waals surface area (Å²) in [5.74, 6) is -0.260. The molecule has 0 spiro atoms. The van der Waals surface area contributed by atoms with Gasteiger partial charge in [0, 0.05) is 17.8 Å². The van der Waals surface area contributed by atoms with Gasteiger partial charge >= 0.3 is 0 Å². The van der Waals surface area contributed by atoms with Crippen LogP contribution in [0.5, 0.6) is 0 Å². The van der Waals surface area contributed by atoms with E-state index in [-0.39, 0.29) is 5.82 Å². The normalized spacial score (nSPS) is 17.9. The molecule has 1 saturated heterocycles. The van der Waals surface area contributed by atoms with Crippen LogP contribution in [0.3, 0.4) is 0 Å². The number of hydroxylamine groups is 2. The Kier molecular flexibility index (Phi) is 3.18. The number of rotatable bonds is 2. The fraction of sp³-hybridized carbons (Fsp3) is 0.455. The average molecular weight is 210 g/mol. The number of anilines is 1. The summed E-state index contributed by atoms with van der Waals surface area (Å²) in [6.45, 7) is 1.99. The third-order valence-electron chi connectivity index (χ3n) is 2.57. The van der Waals surface area contributed by atoms with E-state index in [4.69, 9.17) is 10.6 Å². The molecule has 2 N–H and O–H groups in total. The number of nitrogen functional groups attached to an aromatic ring is 1. The van der Waals surface area contributed by atoms with Crippen LogP contribution in [0.2, 0.25) is 0 Å². The highest BCUT2D eigenvalue weighted by molar-refractivity contribution is 5.47.